The molecule has 1 atom stereocenters. The van der Waals surface area contributed by atoms with Crippen LogP contribution in [0.25, 0.3) is 0 Å². The van der Waals surface area contributed by atoms with Crippen molar-refractivity contribution >= 4 is 15.7 Å². The molecule has 23 heavy (non-hydrogen) atoms. The zero-order valence-corrected chi connectivity index (χ0v) is 13.1. The van der Waals surface area contributed by atoms with Gasteiger partial charge in [-0.1, -0.05) is 42.5 Å². The fourth-order valence-electron chi connectivity index (χ4n) is 2.84. The van der Waals surface area contributed by atoms with Gasteiger partial charge in [-0.2, -0.15) is 0 Å². The number of nitrogens with one attached hydrogen (secondary N) is 1. The number of nitrogens with zero attached hydrogens (tertiary/aromatic N) is 1. The summed E-state index contributed by atoms with van der Waals surface area (Å²) < 4.78 is 27.0. The fraction of sp³-hybridized carbons (Fsp3) is 0.250. The maximum atomic E-state index is 12.2. The molecule has 0 saturated heterocycles. The Morgan fingerprint density at radius 1 is 1.13 bits per heavy atom. The van der Waals surface area contributed by atoms with Gasteiger partial charge in [-0.3, -0.25) is 10.1 Å². The first-order chi connectivity index (χ1) is 11.0. The highest BCUT2D eigenvalue weighted by Crippen LogP contribution is 2.34. The molecule has 2 aromatic rings. The average molecular weight is 332 g/mol. The van der Waals surface area contributed by atoms with E-state index in [0.29, 0.717) is 6.54 Å². The predicted octanol–water partition coefficient (Wildman–Crippen LogP) is 2.35. The summed E-state index contributed by atoms with van der Waals surface area (Å²) in [4.78, 5) is 10.4. The van der Waals surface area contributed by atoms with Gasteiger partial charge in [0.1, 0.15) is 0 Å². The van der Waals surface area contributed by atoms with Crippen LogP contribution in [0.4, 0.5) is 5.69 Å². The normalized spacial score (nSPS) is 16.4. The number of rotatable bonds is 6. The Balaban J connectivity index is 1.66. The van der Waals surface area contributed by atoms with E-state index >= 15 is 0 Å². The van der Waals surface area contributed by atoms with Gasteiger partial charge < -0.3 is 0 Å². The van der Waals surface area contributed by atoms with E-state index in [1.165, 1.54) is 29.3 Å². The van der Waals surface area contributed by atoms with E-state index in [4.69, 9.17) is 0 Å². The van der Waals surface area contributed by atoms with Crippen LogP contribution in [0.2, 0.25) is 0 Å². The Bertz CT molecular complexity index is 849. The zero-order chi connectivity index (χ0) is 16.4. The molecule has 0 aliphatic heterocycles. The lowest BCUT2D eigenvalue weighted by Gasteiger charge is -2.30. The molecule has 0 amide bonds. The number of benzene rings is 2. The molecule has 0 spiro atoms. The van der Waals surface area contributed by atoms with Crippen molar-refractivity contribution in [2.24, 2.45) is 0 Å². The monoisotopic (exact) mass is 332 g/mol. The summed E-state index contributed by atoms with van der Waals surface area (Å²) in [5.74, 6) is -0.217. The van der Waals surface area contributed by atoms with E-state index in [1.54, 1.807) is 6.07 Å². The van der Waals surface area contributed by atoms with E-state index in [1.807, 2.05) is 24.3 Å². The smallest absolute Gasteiger partial charge is 0.258 e. The lowest BCUT2D eigenvalue weighted by Crippen LogP contribution is -2.33. The van der Waals surface area contributed by atoms with Crippen molar-refractivity contribution in [2.45, 2.75) is 18.1 Å². The molecule has 6 nitrogen and oxygen atoms in total. The minimum Gasteiger partial charge on any atom is -0.258 e. The predicted molar refractivity (Wildman–Crippen MR) is 86.6 cm³/mol. The Labute approximate surface area is 134 Å². The number of fused-ring (bicyclic) bond motifs is 1. The van der Waals surface area contributed by atoms with Crippen LogP contribution in [0.3, 0.4) is 0 Å². The molecule has 1 aliphatic carbocycles. The summed E-state index contributed by atoms with van der Waals surface area (Å²) in [6, 6.07) is 13.8. The second-order valence-corrected chi connectivity index (χ2v) is 7.40. The molecule has 2 aromatic carbocycles. The van der Waals surface area contributed by atoms with E-state index in [-0.39, 0.29) is 17.2 Å². The highest BCUT2D eigenvalue weighted by molar-refractivity contribution is 7.88. The number of hydrogen-bond donors (Lipinski definition) is 1. The van der Waals surface area contributed by atoms with Crippen LogP contribution in [0.15, 0.2) is 48.5 Å². The third kappa shape index (κ3) is 3.40. The number of nitro groups is 1. The second kappa shape index (κ2) is 6.10. The lowest BCUT2D eigenvalue weighted by atomic mass is 9.78. The Morgan fingerprint density at radius 2 is 1.83 bits per heavy atom. The number of nitro benzene ring substituents is 1. The van der Waals surface area contributed by atoms with Gasteiger partial charge in [0, 0.05) is 24.1 Å². The maximum absolute atomic E-state index is 12.2. The largest absolute Gasteiger partial charge is 0.273 e. The molecule has 0 fully saturated rings. The van der Waals surface area contributed by atoms with E-state index < -0.39 is 20.7 Å². The number of hydrogen-bond acceptors (Lipinski definition) is 4. The van der Waals surface area contributed by atoms with Crippen LogP contribution in [0.1, 0.15) is 22.6 Å². The van der Waals surface area contributed by atoms with Crippen LogP contribution in [0.5, 0.6) is 0 Å². The minimum atomic E-state index is -3.62. The van der Waals surface area contributed by atoms with Crippen LogP contribution >= 0.6 is 0 Å². The third-order valence-corrected chi connectivity index (χ3v) is 5.34. The van der Waals surface area contributed by atoms with Crippen molar-refractivity contribution in [1.82, 2.24) is 4.72 Å². The molecule has 1 N–H and O–H groups in total. The molecule has 7 heteroatoms. The second-order valence-electron chi connectivity index (χ2n) is 5.59. The van der Waals surface area contributed by atoms with Gasteiger partial charge in [0.15, 0.2) is 0 Å². The molecule has 1 aliphatic rings. The first-order valence-corrected chi connectivity index (χ1v) is 8.89. The van der Waals surface area contributed by atoms with Crippen LogP contribution < -0.4 is 4.72 Å². The molecular weight excluding hydrogens is 316 g/mol. The zero-order valence-electron chi connectivity index (χ0n) is 12.3. The highest BCUT2D eigenvalue weighted by Gasteiger charge is 2.27. The number of sulfonamides is 1. The van der Waals surface area contributed by atoms with Crippen LogP contribution in [0, 0.1) is 10.1 Å². The average Bonchev–Trinajstić information content (AvgIpc) is 2.48. The molecule has 0 heterocycles. The minimum absolute atomic E-state index is 0.173. The Morgan fingerprint density at radius 3 is 2.57 bits per heavy atom. The van der Waals surface area contributed by atoms with Crippen molar-refractivity contribution in [2.75, 3.05) is 6.54 Å². The van der Waals surface area contributed by atoms with Gasteiger partial charge in [-0.25, -0.2) is 13.1 Å². The summed E-state index contributed by atoms with van der Waals surface area (Å²) in [6.45, 7) is 0.319. The Kier molecular flexibility index (Phi) is 4.14. The van der Waals surface area contributed by atoms with E-state index in [9.17, 15) is 18.5 Å². The van der Waals surface area contributed by atoms with Crippen molar-refractivity contribution in [1.29, 1.82) is 0 Å². The summed E-state index contributed by atoms with van der Waals surface area (Å²) in [5.41, 5.74) is 2.43. The van der Waals surface area contributed by atoms with Crippen molar-refractivity contribution in [3.63, 3.8) is 0 Å². The van der Waals surface area contributed by atoms with Crippen LogP contribution in [-0.2, 0) is 22.2 Å². The molecule has 120 valence electrons. The van der Waals surface area contributed by atoms with Crippen molar-refractivity contribution in [3.8, 4) is 0 Å². The first kappa shape index (κ1) is 15.6. The van der Waals surface area contributed by atoms with Gasteiger partial charge in [0.05, 0.1) is 10.7 Å². The van der Waals surface area contributed by atoms with Gasteiger partial charge >= 0.3 is 0 Å². The third-order valence-electron chi connectivity index (χ3n) is 4.04. The SMILES string of the molecule is O=[N+]([O-])c1ccccc1CS(=O)(=O)NCC1Cc2ccccc21. The Hall–Kier alpha value is -2.25. The van der Waals surface area contributed by atoms with Crippen molar-refractivity contribution < 1.29 is 13.3 Å². The van der Waals surface area contributed by atoms with Gasteiger partial charge in [0.25, 0.3) is 5.69 Å². The lowest BCUT2D eigenvalue weighted by molar-refractivity contribution is -0.385. The quantitative estimate of drug-likeness (QED) is 0.649. The maximum Gasteiger partial charge on any atom is 0.273 e. The summed E-state index contributed by atoms with van der Waals surface area (Å²) in [6.07, 6.45) is 0.851. The molecular formula is C16H16N2O4S. The van der Waals surface area contributed by atoms with Crippen LogP contribution in [-0.4, -0.2) is 19.9 Å². The van der Waals surface area contributed by atoms with Gasteiger partial charge in [-0.15, -0.1) is 0 Å². The summed E-state index contributed by atoms with van der Waals surface area (Å²) in [5, 5.41) is 11.0. The molecule has 0 aromatic heterocycles. The van der Waals surface area contributed by atoms with Gasteiger partial charge in [0.2, 0.25) is 10.0 Å². The van der Waals surface area contributed by atoms with Gasteiger partial charge in [-0.05, 0) is 17.5 Å². The molecule has 0 saturated carbocycles. The van der Waals surface area contributed by atoms with Crippen molar-refractivity contribution in [3.05, 3.63) is 75.3 Å². The molecule has 1 unspecified atom stereocenters. The fourth-order valence-corrected chi connectivity index (χ4v) is 4.05. The molecule has 0 radical (unpaired) electrons. The standard InChI is InChI=1S/C16H16N2O4S/c19-18(20)16-8-4-2-6-13(16)11-23(21,22)17-10-14-9-12-5-1-3-7-15(12)14/h1-8,14,17H,9-11H2. The summed E-state index contributed by atoms with van der Waals surface area (Å²) >= 11 is 0. The molecule has 0 bridgehead atoms. The molecule has 3 rings (SSSR count). The van der Waals surface area contributed by atoms with E-state index in [2.05, 4.69) is 4.72 Å². The highest BCUT2D eigenvalue weighted by atomic mass is 32.2. The topological polar surface area (TPSA) is 89.3 Å². The van der Waals surface area contributed by atoms with E-state index in [0.717, 1.165) is 6.42 Å². The summed E-state index contributed by atoms with van der Waals surface area (Å²) in [7, 11) is -3.62. The number of para-hydroxylation sites is 1. The first-order valence-electron chi connectivity index (χ1n) is 7.24.